The molecule has 1 heterocycles. The van der Waals surface area contributed by atoms with E-state index in [2.05, 4.69) is 10.5 Å². The highest BCUT2D eigenvalue weighted by atomic mass is 32.2. The van der Waals surface area contributed by atoms with Crippen LogP contribution in [0, 0.1) is 5.82 Å². The van der Waals surface area contributed by atoms with E-state index in [1.54, 1.807) is 12.1 Å². The number of fused-ring (bicyclic) bond motifs is 1. The van der Waals surface area contributed by atoms with Gasteiger partial charge in [-0.25, -0.2) is 9.82 Å². The SMILES string of the molecule is C/C(=N/NC(=O)CCSc1ccc(F)cc1)c1ccc2c(c1)OCCO2. The highest BCUT2D eigenvalue weighted by molar-refractivity contribution is 7.99. The maximum atomic E-state index is 12.8. The summed E-state index contributed by atoms with van der Waals surface area (Å²) in [5.41, 5.74) is 4.10. The molecule has 0 aromatic heterocycles. The van der Waals surface area contributed by atoms with Gasteiger partial charge in [-0.05, 0) is 49.4 Å². The molecule has 1 aliphatic heterocycles. The van der Waals surface area contributed by atoms with E-state index in [1.165, 1.54) is 23.9 Å². The molecule has 0 spiro atoms. The van der Waals surface area contributed by atoms with E-state index < -0.39 is 0 Å². The second kappa shape index (κ2) is 8.71. The molecule has 5 nitrogen and oxygen atoms in total. The zero-order chi connectivity index (χ0) is 18.4. The number of carbonyl (C=O) groups excluding carboxylic acids is 1. The van der Waals surface area contributed by atoms with Crippen molar-refractivity contribution in [3.63, 3.8) is 0 Å². The Morgan fingerprint density at radius 2 is 1.88 bits per heavy atom. The number of benzene rings is 2. The molecule has 1 N–H and O–H groups in total. The summed E-state index contributed by atoms with van der Waals surface area (Å²) in [4.78, 5) is 12.8. The maximum Gasteiger partial charge on any atom is 0.240 e. The molecular weight excluding hydrogens is 355 g/mol. The van der Waals surface area contributed by atoms with Gasteiger partial charge in [-0.2, -0.15) is 5.10 Å². The first-order valence-electron chi connectivity index (χ1n) is 8.23. The topological polar surface area (TPSA) is 59.9 Å². The van der Waals surface area contributed by atoms with Gasteiger partial charge in [-0.3, -0.25) is 4.79 Å². The van der Waals surface area contributed by atoms with Crippen LogP contribution < -0.4 is 14.9 Å². The summed E-state index contributed by atoms with van der Waals surface area (Å²) in [6.07, 6.45) is 0.319. The Balaban J connectivity index is 1.48. The Hall–Kier alpha value is -2.54. The molecule has 0 radical (unpaired) electrons. The molecule has 1 amide bonds. The van der Waals surface area contributed by atoms with E-state index in [-0.39, 0.29) is 11.7 Å². The maximum absolute atomic E-state index is 12.8. The molecule has 0 aliphatic carbocycles. The Labute approximate surface area is 155 Å². The largest absolute Gasteiger partial charge is 0.486 e. The van der Waals surface area contributed by atoms with Crippen LogP contribution in [-0.2, 0) is 4.79 Å². The standard InChI is InChI=1S/C19H19FN2O3S/c1-13(14-2-7-17-18(12-14)25-10-9-24-17)21-22-19(23)8-11-26-16-5-3-15(20)4-6-16/h2-7,12H,8-11H2,1H3,(H,22,23)/b21-13-. The molecule has 1 aliphatic rings. The molecule has 2 aromatic rings. The van der Waals surface area contributed by atoms with Crippen LogP contribution in [0.4, 0.5) is 4.39 Å². The molecule has 3 rings (SSSR count). The molecule has 0 unspecified atom stereocenters. The Bertz CT molecular complexity index is 809. The van der Waals surface area contributed by atoms with Crippen LogP contribution in [0.15, 0.2) is 52.5 Å². The van der Waals surface area contributed by atoms with E-state index in [1.807, 2.05) is 25.1 Å². The number of hydrogen-bond donors (Lipinski definition) is 1. The summed E-state index contributed by atoms with van der Waals surface area (Å²) in [5, 5.41) is 4.14. The van der Waals surface area contributed by atoms with Gasteiger partial charge in [0.1, 0.15) is 19.0 Å². The first-order chi connectivity index (χ1) is 12.6. The summed E-state index contributed by atoms with van der Waals surface area (Å²) < 4.78 is 23.9. The van der Waals surface area contributed by atoms with Crippen molar-refractivity contribution in [3.8, 4) is 11.5 Å². The zero-order valence-corrected chi connectivity index (χ0v) is 15.1. The van der Waals surface area contributed by atoms with Crippen molar-refractivity contribution in [3.05, 3.63) is 53.8 Å². The molecule has 136 valence electrons. The summed E-state index contributed by atoms with van der Waals surface area (Å²) in [6, 6.07) is 11.8. The summed E-state index contributed by atoms with van der Waals surface area (Å²) in [5.74, 6) is 1.56. The molecule has 7 heteroatoms. The van der Waals surface area contributed by atoms with Crippen LogP contribution in [0.25, 0.3) is 0 Å². The monoisotopic (exact) mass is 374 g/mol. The fourth-order valence-corrected chi connectivity index (χ4v) is 3.18. The van der Waals surface area contributed by atoms with Crippen molar-refractivity contribution in [1.29, 1.82) is 0 Å². The number of halogens is 1. The first kappa shape index (κ1) is 18.3. The van der Waals surface area contributed by atoms with Crippen LogP contribution in [0.5, 0.6) is 11.5 Å². The van der Waals surface area contributed by atoms with Gasteiger partial charge in [0.15, 0.2) is 11.5 Å². The number of thioether (sulfide) groups is 1. The van der Waals surface area contributed by atoms with Crippen LogP contribution >= 0.6 is 11.8 Å². The van der Waals surface area contributed by atoms with Crippen LogP contribution in [-0.4, -0.2) is 30.6 Å². The number of nitrogens with zero attached hydrogens (tertiary/aromatic N) is 1. The van der Waals surface area contributed by atoms with Gasteiger partial charge in [-0.15, -0.1) is 11.8 Å². The lowest BCUT2D eigenvalue weighted by atomic mass is 10.1. The molecular formula is C19H19FN2O3S. The average molecular weight is 374 g/mol. The van der Waals surface area contributed by atoms with Crippen molar-refractivity contribution in [2.24, 2.45) is 5.10 Å². The Kier molecular flexibility index (Phi) is 6.12. The van der Waals surface area contributed by atoms with Crippen LogP contribution in [0.3, 0.4) is 0 Å². The fourth-order valence-electron chi connectivity index (χ4n) is 2.33. The van der Waals surface area contributed by atoms with Crippen molar-refractivity contribution >= 4 is 23.4 Å². The third-order valence-electron chi connectivity index (χ3n) is 3.72. The van der Waals surface area contributed by atoms with Gasteiger partial charge in [0.05, 0.1) is 5.71 Å². The van der Waals surface area contributed by atoms with Crippen LogP contribution in [0.2, 0.25) is 0 Å². The van der Waals surface area contributed by atoms with E-state index >= 15 is 0 Å². The number of ether oxygens (including phenoxy) is 2. The van der Waals surface area contributed by atoms with E-state index in [0.717, 1.165) is 16.2 Å². The molecule has 0 saturated carbocycles. The molecule has 26 heavy (non-hydrogen) atoms. The van der Waals surface area contributed by atoms with Gasteiger partial charge in [0.25, 0.3) is 0 Å². The lowest BCUT2D eigenvalue weighted by molar-refractivity contribution is -0.120. The van der Waals surface area contributed by atoms with Crippen molar-refractivity contribution in [1.82, 2.24) is 5.43 Å². The number of carbonyl (C=O) groups is 1. The van der Waals surface area contributed by atoms with Gasteiger partial charge in [0.2, 0.25) is 5.91 Å². The minimum Gasteiger partial charge on any atom is -0.486 e. The quantitative estimate of drug-likeness (QED) is 0.477. The van der Waals surface area contributed by atoms with Gasteiger partial charge >= 0.3 is 0 Å². The second-order valence-corrected chi connectivity index (χ2v) is 6.81. The third-order valence-corrected chi connectivity index (χ3v) is 4.73. The number of rotatable bonds is 6. The minimum atomic E-state index is -0.268. The third kappa shape index (κ3) is 4.98. The average Bonchev–Trinajstić information content (AvgIpc) is 2.67. The number of amides is 1. The summed E-state index contributed by atoms with van der Waals surface area (Å²) in [6.45, 7) is 2.89. The summed E-state index contributed by atoms with van der Waals surface area (Å²) in [7, 11) is 0. The Morgan fingerprint density at radius 1 is 1.15 bits per heavy atom. The zero-order valence-electron chi connectivity index (χ0n) is 14.3. The van der Waals surface area contributed by atoms with E-state index in [9.17, 15) is 9.18 Å². The predicted molar refractivity (Wildman–Crippen MR) is 99.5 cm³/mol. The lowest BCUT2D eigenvalue weighted by Gasteiger charge is -2.18. The van der Waals surface area contributed by atoms with Crippen molar-refractivity contribution < 1.29 is 18.7 Å². The number of hydrazone groups is 1. The predicted octanol–water partition coefficient (Wildman–Crippen LogP) is 3.62. The van der Waals surface area contributed by atoms with E-state index in [4.69, 9.17) is 9.47 Å². The van der Waals surface area contributed by atoms with Crippen molar-refractivity contribution in [2.45, 2.75) is 18.2 Å². The minimum absolute atomic E-state index is 0.170. The van der Waals surface area contributed by atoms with Crippen LogP contribution in [0.1, 0.15) is 18.9 Å². The molecule has 2 aromatic carbocycles. The van der Waals surface area contributed by atoms with Gasteiger partial charge < -0.3 is 9.47 Å². The molecule has 0 fully saturated rings. The van der Waals surface area contributed by atoms with Gasteiger partial charge in [-0.1, -0.05) is 0 Å². The van der Waals surface area contributed by atoms with Crippen molar-refractivity contribution in [2.75, 3.05) is 19.0 Å². The highest BCUT2D eigenvalue weighted by Crippen LogP contribution is 2.30. The normalized spacial score (nSPS) is 13.4. The summed E-state index contributed by atoms with van der Waals surface area (Å²) >= 11 is 1.50. The van der Waals surface area contributed by atoms with Gasteiger partial charge in [0, 0.05) is 22.6 Å². The highest BCUT2D eigenvalue weighted by Gasteiger charge is 2.12. The lowest BCUT2D eigenvalue weighted by Crippen LogP contribution is -2.20. The number of nitrogens with one attached hydrogen (secondary N) is 1. The Morgan fingerprint density at radius 3 is 2.65 bits per heavy atom. The second-order valence-electron chi connectivity index (χ2n) is 5.64. The fraction of sp³-hybridized carbons (Fsp3) is 0.263. The number of hydrogen-bond acceptors (Lipinski definition) is 5. The first-order valence-corrected chi connectivity index (χ1v) is 9.22. The smallest absolute Gasteiger partial charge is 0.240 e. The molecule has 0 saturated heterocycles. The molecule has 0 atom stereocenters. The van der Waals surface area contributed by atoms with E-state index in [0.29, 0.717) is 36.8 Å². The molecule has 0 bridgehead atoms.